The van der Waals surface area contributed by atoms with Crippen LogP contribution in [0.25, 0.3) is 0 Å². The Morgan fingerprint density at radius 1 is 1.41 bits per heavy atom. The summed E-state index contributed by atoms with van der Waals surface area (Å²) < 4.78 is 5.52. The number of aldehydes is 1. The number of hydrogen-bond donors (Lipinski definition) is 0. The summed E-state index contributed by atoms with van der Waals surface area (Å²) in [6, 6.07) is 5.85. The van der Waals surface area contributed by atoms with E-state index in [-0.39, 0.29) is 5.54 Å². The molecule has 1 aliphatic rings. The first-order valence-electron chi connectivity index (χ1n) is 5.96. The Kier molecular flexibility index (Phi) is 3.20. The van der Waals surface area contributed by atoms with Gasteiger partial charge < -0.3 is 9.64 Å². The van der Waals surface area contributed by atoms with Crippen molar-refractivity contribution < 1.29 is 9.53 Å². The molecular weight excluding hydrogens is 214 g/mol. The molecule has 1 aliphatic heterocycles. The molecule has 0 aromatic heterocycles. The first-order valence-corrected chi connectivity index (χ1v) is 5.96. The molecule has 0 bridgehead atoms. The molecule has 1 fully saturated rings. The summed E-state index contributed by atoms with van der Waals surface area (Å²) in [5, 5.41) is 0. The van der Waals surface area contributed by atoms with Gasteiger partial charge in [0, 0.05) is 17.8 Å². The fourth-order valence-corrected chi connectivity index (χ4v) is 2.36. The molecule has 0 saturated carbocycles. The second kappa shape index (κ2) is 4.49. The van der Waals surface area contributed by atoms with Crippen LogP contribution in [-0.2, 0) is 4.74 Å². The Morgan fingerprint density at radius 2 is 2.18 bits per heavy atom. The lowest BCUT2D eigenvalue weighted by Gasteiger charge is -2.44. The first-order chi connectivity index (χ1) is 8.04. The number of carbonyl (C=O) groups excluding carboxylic acids is 1. The van der Waals surface area contributed by atoms with E-state index in [1.165, 1.54) is 5.69 Å². The topological polar surface area (TPSA) is 29.5 Å². The maximum Gasteiger partial charge on any atom is 0.150 e. The van der Waals surface area contributed by atoms with Crippen LogP contribution in [0.4, 0.5) is 5.69 Å². The number of nitrogens with zero attached hydrogens (tertiary/aromatic N) is 1. The van der Waals surface area contributed by atoms with Gasteiger partial charge in [0.1, 0.15) is 6.29 Å². The van der Waals surface area contributed by atoms with Crippen LogP contribution >= 0.6 is 0 Å². The number of rotatable bonds is 2. The molecule has 0 N–H and O–H groups in total. The van der Waals surface area contributed by atoms with E-state index in [1.807, 2.05) is 25.1 Å². The van der Waals surface area contributed by atoms with Crippen LogP contribution in [0.2, 0.25) is 0 Å². The van der Waals surface area contributed by atoms with Gasteiger partial charge in [-0.15, -0.1) is 0 Å². The fraction of sp³-hybridized carbons (Fsp3) is 0.500. The fourth-order valence-electron chi connectivity index (χ4n) is 2.36. The Labute approximate surface area is 102 Å². The minimum Gasteiger partial charge on any atom is -0.377 e. The monoisotopic (exact) mass is 233 g/mol. The maximum atomic E-state index is 10.7. The molecule has 17 heavy (non-hydrogen) atoms. The lowest BCUT2D eigenvalue weighted by Crippen LogP contribution is -2.53. The van der Waals surface area contributed by atoms with Crippen LogP contribution in [-0.4, -0.2) is 31.6 Å². The highest BCUT2D eigenvalue weighted by molar-refractivity contribution is 5.77. The summed E-state index contributed by atoms with van der Waals surface area (Å²) in [6.45, 7) is 8.81. The van der Waals surface area contributed by atoms with Crippen molar-refractivity contribution in [3.8, 4) is 0 Å². The van der Waals surface area contributed by atoms with Crippen molar-refractivity contribution in [3.63, 3.8) is 0 Å². The first kappa shape index (κ1) is 12.1. The third-order valence-electron chi connectivity index (χ3n) is 3.29. The normalized spacial score (nSPS) is 19.1. The molecule has 0 amide bonds. The number of anilines is 1. The SMILES string of the molecule is Cc1cc(C=O)ccc1N1CCOCC1(C)C. The second-order valence-electron chi connectivity index (χ2n) is 5.18. The average Bonchev–Trinajstić information content (AvgIpc) is 2.29. The van der Waals surface area contributed by atoms with Gasteiger partial charge >= 0.3 is 0 Å². The predicted molar refractivity (Wildman–Crippen MR) is 68.8 cm³/mol. The number of aryl methyl sites for hydroxylation is 1. The zero-order valence-electron chi connectivity index (χ0n) is 10.7. The summed E-state index contributed by atoms with van der Waals surface area (Å²) in [7, 11) is 0. The Bertz CT molecular complexity index is 426. The molecule has 0 radical (unpaired) electrons. The molecule has 3 heteroatoms. The highest BCUT2D eigenvalue weighted by Gasteiger charge is 2.31. The summed E-state index contributed by atoms with van der Waals surface area (Å²) in [6.07, 6.45) is 0.890. The van der Waals surface area contributed by atoms with Crippen LogP contribution < -0.4 is 4.90 Å². The molecule has 1 saturated heterocycles. The third kappa shape index (κ3) is 2.34. The number of hydrogen-bond acceptors (Lipinski definition) is 3. The van der Waals surface area contributed by atoms with Gasteiger partial charge in [0.2, 0.25) is 0 Å². The molecule has 1 aromatic carbocycles. The van der Waals surface area contributed by atoms with Gasteiger partial charge in [-0.3, -0.25) is 4.79 Å². The minimum atomic E-state index is 0.00566. The van der Waals surface area contributed by atoms with Crippen molar-refractivity contribution in [2.24, 2.45) is 0 Å². The number of ether oxygens (including phenoxy) is 1. The summed E-state index contributed by atoms with van der Waals surface area (Å²) in [5.41, 5.74) is 3.08. The number of carbonyl (C=O) groups is 1. The van der Waals surface area contributed by atoms with Gasteiger partial charge in [0.25, 0.3) is 0 Å². The molecule has 0 atom stereocenters. The average molecular weight is 233 g/mol. The number of benzene rings is 1. The highest BCUT2D eigenvalue weighted by atomic mass is 16.5. The summed E-state index contributed by atoms with van der Waals surface area (Å²) >= 11 is 0. The maximum absolute atomic E-state index is 10.7. The minimum absolute atomic E-state index is 0.00566. The second-order valence-corrected chi connectivity index (χ2v) is 5.18. The lowest BCUT2D eigenvalue weighted by molar-refractivity contribution is 0.0643. The van der Waals surface area contributed by atoms with Gasteiger partial charge in [-0.25, -0.2) is 0 Å². The largest absolute Gasteiger partial charge is 0.377 e. The Balaban J connectivity index is 2.35. The summed E-state index contributed by atoms with van der Waals surface area (Å²) in [5.74, 6) is 0. The van der Waals surface area contributed by atoms with Crippen LogP contribution in [0.1, 0.15) is 29.8 Å². The van der Waals surface area contributed by atoms with E-state index in [0.29, 0.717) is 0 Å². The third-order valence-corrected chi connectivity index (χ3v) is 3.29. The van der Waals surface area contributed by atoms with E-state index < -0.39 is 0 Å². The number of morpholine rings is 1. The molecule has 1 aromatic rings. The molecule has 1 heterocycles. The van der Waals surface area contributed by atoms with E-state index in [2.05, 4.69) is 18.7 Å². The van der Waals surface area contributed by atoms with Crippen LogP contribution in [0.5, 0.6) is 0 Å². The molecular formula is C14H19NO2. The zero-order valence-corrected chi connectivity index (χ0v) is 10.7. The van der Waals surface area contributed by atoms with E-state index in [0.717, 1.165) is 37.2 Å². The van der Waals surface area contributed by atoms with Gasteiger partial charge in [-0.2, -0.15) is 0 Å². The molecule has 0 unspecified atom stereocenters. The van der Waals surface area contributed by atoms with Gasteiger partial charge in [-0.05, 0) is 44.5 Å². The molecule has 2 rings (SSSR count). The van der Waals surface area contributed by atoms with Crippen molar-refractivity contribution in [1.82, 2.24) is 0 Å². The van der Waals surface area contributed by atoms with E-state index in [1.54, 1.807) is 0 Å². The zero-order chi connectivity index (χ0) is 12.5. The molecule has 0 aliphatic carbocycles. The smallest absolute Gasteiger partial charge is 0.150 e. The van der Waals surface area contributed by atoms with Crippen molar-refractivity contribution in [2.45, 2.75) is 26.3 Å². The van der Waals surface area contributed by atoms with Crippen molar-refractivity contribution in [1.29, 1.82) is 0 Å². The highest BCUT2D eigenvalue weighted by Crippen LogP contribution is 2.29. The van der Waals surface area contributed by atoms with E-state index in [4.69, 9.17) is 4.74 Å². The van der Waals surface area contributed by atoms with Crippen LogP contribution in [0.15, 0.2) is 18.2 Å². The Morgan fingerprint density at radius 3 is 2.76 bits per heavy atom. The van der Waals surface area contributed by atoms with Crippen molar-refractivity contribution in [2.75, 3.05) is 24.7 Å². The quantitative estimate of drug-likeness (QED) is 0.735. The molecule has 0 spiro atoms. The van der Waals surface area contributed by atoms with Crippen LogP contribution in [0.3, 0.4) is 0 Å². The van der Waals surface area contributed by atoms with Crippen molar-refractivity contribution >= 4 is 12.0 Å². The van der Waals surface area contributed by atoms with Gasteiger partial charge in [0.05, 0.1) is 18.8 Å². The van der Waals surface area contributed by atoms with E-state index in [9.17, 15) is 4.79 Å². The van der Waals surface area contributed by atoms with Gasteiger partial charge in [0.15, 0.2) is 0 Å². The molecule has 92 valence electrons. The van der Waals surface area contributed by atoms with Gasteiger partial charge in [-0.1, -0.05) is 0 Å². The predicted octanol–water partition coefficient (Wildman–Crippen LogP) is 2.42. The molecule has 3 nitrogen and oxygen atoms in total. The van der Waals surface area contributed by atoms with Crippen molar-refractivity contribution in [3.05, 3.63) is 29.3 Å². The lowest BCUT2D eigenvalue weighted by atomic mass is 9.99. The summed E-state index contributed by atoms with van der Waals surface area (Å²) in [4.78, 5) is 13.1. The standard InChI is InChI=1S/C14H19NO2/c1-11-8-12(9-16)4-5-13(11)15-6-7-17-10-14(15,2)3/h4-5,8-9H,6-7,10H2,1-3H3. The Hall–Kier alpha value is -1.35. The van der Waals surface area contributed by atoms with Crippen LogP contribution in [0, 0.1) is 6.92 Å². The van der Waals surface area contributed by atoms with E-state index >= 15 is 0 Å².